The highest BCUT2D eigenvalue weighted by Gasteiger charge is 2.25. The zero-order valence-corrected chi connectivity index (χ0v) is 13.3. The van der Waals surface area contributed by atoms with E-state index >= 15 is 0 Å². The summed E-state index contributed by atoms with van der Waals surface area (Å²) in [4.78, 5) is 23.6. The Morgan fingerprint density at radius 1 is 1.45 bits per heavy atom. The molecule has 9 heteroatoms. The van der Waals surface area contributed by atoms with Crippen LogP contribution in [0.15, 0.2) is 0 Å². The van der Waals surface area contributed by atoms with Gasteiger partial charge in [-0.15, -0.1) is 0 Å². The maximum atomic E-state index is 11.9. The van der Waals surface area contributed by atoms with Crippen LogP contribution in [-0.4, -0.2) is 42.6 Å². The van der Waals surface area contributed by atoms with Crippen LogP contribution in [0.25, 0.3) is 0 Å². The van der Waals surface area contributed by atoms with Crippen molar-refractivity contribution in [3.05, 3.63) is 15.1 Å². The molecule has 1 heterocycles. The molecule has 1 rings (SSSR count). The van der Waals surface area contributed by atoms with Gasteiger partial charge in [0.1, 0.15) is 9.36 Å². The predicted molar refractivity (Wildman–Crippen MR) is 76.5 cm³/mol. The van der Waals surface area contributed by atoms with Gasteiger partial charge in [-0.3, -0.25) is 4.79 Å². The molecular formula is C11H14Cl2N2O4S. The van der Waals surface area contributed by atoms with Crippen molar-refractivity contribution >= 4 is 46.6 Å². The van der Waals surface area contributed by atoms with Crippen LogP contribution >= 0.6 is 34.7 Å². The van der Waals surface area contributed by atoms with Gasteiger partial charge in [-0.2, -0.15) is 4.37 Å². The number of nitrogens with zero attached hydrogens (tertiary/aromatic N) is 1. The van der Waals surface area contributed by atoms with Gasteiger partial charge in [0, 0.05) is 13.7 Å². The third-order valence-corrected chi connectivity index (χ3v) is 3.92. The Balaban J connectivity index is 2.61. The van der Waals surface area contributed by atoms with Crippen molar-refractivity contribution in [2.75, 3.05) is 20.3 Å². The van der Waals surface area contributed by atoms with E-state index in [2.05, 4.69) is 9.69 Å². The highest BCUT2D eigenvalue weighted by atomic mass is 35.5. The van der Waals surface area contributed by atoms with Gasteiger partial charge < -0.3 is 14.8 Å². The summed E-state index contributed by atoms with van der Waals surface area (Å²) in [6.07, 6.45) is -0.573. The first kappa shape index (κ1) is 17.2. The molecule has 0 aliphatic rings. The van der Waals surface area contributed by atoms with E-state index in [1.165, 1.54) is 7.11 Å². The molecule has 112 valence electrons. The molecule has 0 saturated heterocycles. The van der Waals surface area contributed by atoms with Crippen molar-refractivity contribution in [3.63, 3.8) is 0 Å². The highest BCUT2D eigenvalue weighted by molar-refractivity contribution is 7.11. The molecule has 0 unspecified atom stereocenters. The van der Waals surface area contributed by atoms with Crippen LogP contribution in [0.2, 0.25) is 9.36 Å². The fourth-order valence-electron chi connectivity index (χ4n) is 1.28. The van der Waals surface area contributed by atoms with E-state index in [-0.39, 0.29) is 15.1 Å². The van der Waals surface area contributed by atoms with Crippen molar-refractivity contribution in [3.8, 4) is 0 Å². The number of carbonyl (C=O) groups excluding carboxylic acids is 2. The molecule has 0 bridgehead atoms. The molecule has 0 saturated carbocycles. The molecule has 0 radical (unpaired) electrons. The molecule has 1 aromatic rings. The van der Waals surface area contributed by atoms with Crippen molar-refractivity contribution in [1.29, 1.82) is 0 Å². The number of esters is 1. The number of aromatic nitrogens is 1. The quantitative estimate of drug-likeness (QED) is 0.607. The summed E-state index contributed by atoms with van der Waals surface area (Å²) in [6.45, 7) is 2.44. The molecule has 1 amide bonds. The summed E-state index contributed by atoms with van der Waals surface area (Å²) < 4.78 is 13.9. The monoisotopic (exact) mass is 340 g/mol. The molecule has 0 spiro atoms. The Kier molecular flexibility index (Phi) is 7.22. The van der Waals surface area contributed by atoms with Crippen LogP contribution in [0.4, 0.5) is 0 Å². The summed E-state index contributed by atoms with van der Waals surface area (Å²) in [7, 11) is 1.53. The Labute approximate surface area is 130 Å². The smallest absolute Gasteiger partial charge is 0.360 e. The van der Waals surface area contributed by atoms with E-state index in [1.54, 1.807) is 6.92 Å². The first-order chi connectivity index (χ1) is 9.51. The molecule has 1 N–H and O–H groups in total. The van der Waals surface area contributed by atoms with E-state index < -0.39 is 18.0 Å². The van der Waals surface area contributed by atoms with Crippen molar-refractivity contribution < 1.29 is 19.1 Å². The first-order valence-electron chi connectivity index (χ1n) is 5.79. The van der Waals surface area contributed by atoms with Crippen molar-refractivity contribution in [1.82, 2.24) is 9.69 Å². The molecule has 0 fully saturated rings. The molecule has 20 heavy (non-hydrogen) atoms. The molecule has 1 atom stereocenters. The van der Waals surface area contributed by atoms with Crippen LogP contribution in [0, 0.1) is 0 Å². The minimum atomic E-state index is -0.907. The van der Waals surface area contributed by atoms with Gasteiger partial charge >= 0.3 is 5.97 Å². The lowest BCUT2D eigenvalue weighted by atomic mass is 10.2. The topological polar surface area (TPSA) is 77.5 Å². The van der Waals surface area contributed by atoms with E-state index in [1.807, 2.05) is 0 Å². The fraction of sp³-hybridized carbons (Fsp3) is 0.545. The second-order valence-corrected chi connectivity index (χ2v) is 5.46. The second-order valence-electron chi connectivity index (χ2n) is 3.70. The lowest BCUT2D eigenvalue weighted by molar-refractivity contribution is -0.130. The number of hydrogen-bond acceptors (Lipinski definition) is 6. The average Bonchev–Trinajstić information content (AvgIpc) is 2.76. The third-order valence-electron chi connectivity index (χ3n) is 2.31. The molecular weight excluding hydrogens is 327 g/mol. The van der Waals surface area contributed by atoms with Gasteiger partial charge in [-0.1, -0.05) is 30.1 Å². The summed E-state index contributed by atoms with van der Waals surface area (Å²) in [5, 5.41) is 2.63. The van der Waals surface area contributed by atoms with Crippen LogP contribution in [-0.2, 0) is 14.3 Å². The summed E-state index contributed by atoms with van der Waals surface area (Å²) in [5.74, 6) is -1.16. The van der Waals surface area contributed by atoms with Gasteiger partial charge in [-0.05, 0) is 18.0 Å². The lowest BCUT2D eigenvalue weighted by Gasteiger charge is -2.15. The average molecular weight is 341 g/mol. The van der Waals surface area contributed by atoms with Gasteiger partial charge in [0.2, 0.25) is 0 Å². The van der Waals surface area contributed by atoms with E-state index in [4.69, 9.17) is 32.7 Å². The lowest BCUT2D eigenvalue weighted by Crippen LogP contribution is -2.39. The third kappa shape index (κ3) is 4.59. The number of halogens is 2. The minimum Gasteiger partial charge on any atom is -0.447 e. The standard InChI is InChI=1S/C11H14Cl2N2O4S/c1-3-6(10(16)14-4-5-18-2)19-11(17)8-7(12)9(13)20-15-8/h6H,3-5H2,1-2H3,(H,14,16)/t6-/m1/s1. The molecule has 6 nitrogen and oxygen atoms in total. The molecule has 0 aliphatic carbocycles. The Bertz CT molecular complexity index is 481. The first-order valence-corrected chi connectivity index (χ1v) is 7.32. The number of ether oxygens (including phenoxy) is 2. The Morgan fingerprint density at radius 2 is 2.15 bits per heavy atom. The zero-order chi connectivity index (χ0) is 15.1. The molecule has 0 aromatic carbocycles. The number of rotatable bonds is 7. The minimum absolute atomic E-state index is 0.0383. The highest BCUT2D eigenvalue weighted by Crippen LogP contribution is 2.30. The van der Waals surface area contributed by atoms with Crippen LogP contribution in [0.3, 0.4) is 0 Å². The maximum absolute atomic E-state index is 11.9. The number of methoxy groups -OCH3 is 1. The summed E-state index contributed by atoms with van der Waals surface area (Å²) >= 11 is 12.4. The maximum Gasteiger partial charge on any atom is 0.360 e. The largest absolute Gasteiger partial charge is 0.447 e. The van der Waals surface area contributed by atoms with Crippen LogP contribution < -0.4 is 5.32 Å². The van der Waals surface area contributed by atoms with Crippen molar-refractivity contribution in [2.45, 2.75) is 19.4 Å². The van der Waals surface area contributed by atoms with Gasteiger partial charge in [0.15, 0.2) is 11.8 Å². The second kappa shape index (κ2) is 8.41. The Morgan fingerprint density at radius 3 is 2.65 bits per heavy atom. The van der Waals surface area contributed by atoms with E-state index in [0.29, 0.717) is 19.6 Å². The summed E-state index contributed by atoms with van der Waals surface area (Å²) in [6, 6.07) is 0. The van der Waals surface area contributed by atoms with Gasteiger partial charge in [0.25, 0.3) is 5.91 Å². The molecule has 1 aromatic heterocycles. The van der Waals surface area contributed by atoms with Gasteiger partial charge in [0.05, 0.1) is 6.61 Å². The SMILES string of the molecule is CC[C@@H](OC(=O)c1nsc(Cl)c1Cl)C(=O)NCCOC. The number of carbonyl (C=O) groups is 2. The van der Waals surface area contributed by atoms with E-state index in [0.717, 1.165) is 11.5 Å². The van der Waals surface area contributed by atoms with E-state index in [9.17, 15) is 9.59 Å². The number of amides is 1. The van der Waals surface area contributed by atoms with Gasteiger partial charge in [-0.25, -0.2) is 4.79 Å². The Hall–Kier alpha value is -0.890. The fourth-order valence-corrected chi connectivity index (χ4v) is 2.26. The normalized spacial score (nSPS) is 12.0. The summed E-state index contributed by atoms with van der Waals surface area (Å²) in [5.41, 5.74) is -0.0789. The predicted octanol–water partition coefficient (Wildman–Crippen LogP) is 2.15. The molecule has 0 aliphatic heterocycles. The van der Waals surface area contributed by atoms with Crippen molar-refractivity contribution in [2.24, 2.45) is 0 Å². The number of nitrogens with one attached hydrogen (secondary N) is 1. The zero-order valence-electron chi connectivity index (χ0n) is 10.9. The van der Waals surface area contributed by atoms with Crippen LogP contribution in [0.5, 0.6) is 0 Å². The number of hydrogen-bond donors (Lipinski definition) is 1. The van der Waals surface area contributed by atoms with Crippen LogP contribution in [0.1, 0.15) is 23.8 Å².